The van der Waals surface area contributed by atoms with Crippen LogP contribution in [0.5, 0.6) is 0 Å². The molecule has 1 aromatic heterocycles. The van der Waals surface area contributed by atoms with Gasteiger partial charge < -0.3 is 20.5 Å². The van der Waals surface area contributed by atoms with E-state index in [-0.39, 0.29) is 6.61 Å². The number of anilines is 2. The number of aliphatic hydroxyl groups is 1. The molecule has 1 heterocycles. The molecule has 0 bridgehead atoms. The van der Waals surface area contributed by atoms with Gasteiger partial charge in [0.1, 0.15) is 5.82 Å². The lowest BCUT2D eigenvalue weighted by Gasteiger charge is -2.07. The molecule has 6 heteroatoms. The van der Waals surface area contributed by atoms with Crippen LogP contribution in [0.15, 0.2) is 12.3 Å². The monoisotopic (exact) mass is 254 g/mol. The van der Waals surface area contributed by atoms with E-state index in [0.29, 0.717) is 19.2 Å². The fourth-order valence-electron chi connectivity index (χ4n) is 1.34. The second-order valence-corrected chi connectivity index (χ2v) is 3.81. The Labute approximate surface area is 108 Å². The second kappa shape index (κ2) is 9.61. The molecule has 1 rings (SSSR count). The zero-order valence-corrected chi connectivity index (χ0v) is 10.9. The van der Waals surface area contributed by atoms with Gasteiger partial charge in [0.2, 0.25) is 5.95 Å². The van der Waals surface area contributed by atoms with Gasteiger partial charge in [-0.1, -0.05) is 6.92 Å². The largest absolute Gasteiger partial charge is 0.394 e. The summed E-state index contributed by atoms with van der Waals surface area (Å²) in [4.78, 5) is 8.46. The minimum Gasteiger partial charge on any atom is -0.394 e. The summed E-state index contributed by atoms with van der Waals surface area (Å²) in [7, 11) is 0. The summed E-state index contributed by atoms with van der Waals surface area (Å²) in [5, 5.41) is 14.9. The molecule has 0 aromatic carbocycles. The summed E-state index contributed by atoms with van der Waals surface area (Å²) < 4.78 is 5.16. The van der Waals surface area contributed by atoms with E-state index in [2.05, 4.69) is 27.5 Å². The van der Waals surface area contributed by atoms with Crippen LogP contribution in [0, 0.1) is 0 Å². The van der Waals surface area contributed by atoms with Crippen molar-refractivity contribution in [3.8, 4) is 0 Å². The van der Waals surface area contributed by atoms with Crippen LogP contribution in [-0.4, -0.2) is 48.0 Å². The van der Waals surface area contributed by atoms with E-state index in [9.17, 15) is 0 Å². The maximum absolute atomic E-state index is 8.54. The Morgan fingerprint density at radius 2 is 2.17 bits per heavy atom. The smallest absolute Gasteiger partial charge is 0.224 e. The normalized spacial score (nSPS) is 10.3. The van der Waals surface area contributed by atoms with Gasteiger partial charge in [0.25, 0.3) is 0 Å². The summed E-state index contributed by atoms with van der Waals surface area (Å²) in [6.07, 6.45) is 3.65. The number of hydrogen-bond acceptors (Lipinski definition) is 6. The molecule has 0 unspecified atom stereocenters. The van der Waals surface area contributed by atoms with Gasteiger partial charge in [0.05, 0.1) is 13.2 Å². The molecule has 0 fully saturated rings. The Bertz CT molecular complexity index is 323. The standard InChI is InChI=1S/C12H22N4O2/c1-2-5-14-12-15-7-4-11(16-12)13-6-3-9-18-10-8-17/h4,7,17H,2-3,5-6,8-10H2,1H3,(H2,13,14,15,16). The molecule has 3 N–H and O–H groups in total. The minimum atomic E-state index is 0.0752. The van der Waals surface area contributed by atoms with Gasteiger partial charge in [0.15, 0.2) is 0 Å². The van der Waals surface area contributed by atoms with Crippen molar-refractivity contribution in [2.75, 3.05) is 43.5 Å². The number of nitrogens with zero attached hydrogens (tertiary/aromatic N) is 2. The third kappa shape index (κ3) is 6.36. The van der Waals surface area contributed by atoms with E-state index in [1.165, 1.54) is 0 Å². The molecular formula is C12H22N4O2. The van der Waals surface area contributed by atoms with Gasteiger partial charge in [-0.25, -0.2) is 4.98 Å². The van der Waals surface area contributed by atoms with Crippen molar-refractivity contribution in [3.05, 3.63) is 12.3 Å². The summed E-state index contributed by atoms with van der Waals surface area (Å²) in [6.45, 7) is 4.87. The van der Waals surface area contributed by atoms with Gasteiger partial charge >= 0.3 is 0 Å². The van der Waals surface area contributed by atoms with Crippen molar-refractivity contribution in [3.63, 3.8) is 0 Å². The van der Waals surface area contributed by atoms with Crippen LogP contribution < -0.4 is 10.6 Å². The first-order valence-electron chi connectivity index (χ1n) is 6.36. The van der Waals surface area contributed by atoms with Crippen LogP contribution in [0.25, 0.3) is 0 Å². The third-order valence-electron chi connectivity index (χ3n) is 2.20. The first-order valence-corrected chi connectivity index (χ1v) is 6.36. The average Bonchev–Trinajstić information content (AvgIpc) is 2.41. The Balaban J connectivity index is 2.20. The van der Waals surface area contributed by atoms with E-state index in [4.69, 9.17) is 9.84 Å². The molecule has 0 saturated carbocycles. The maximum Gasteiger partial charge on any atom is 0.224 e. The molecule has 0 spiro atoms. The lowest BCUT2D eigenvalue weighted by molar-refractivity contribution is 0.0922. The highest BCUT2D eigenvalue weighted by atomic mass is 16.5. The number of aliphatic hydroxyl groups excluding tert-OH is 1. The minimum absolute atomic E-state index is 0.0752. The first-order chi connectivity index (χ1) is 8.86. The third-order valence-corrected chi connectivity index (χ3v) is 2.20. The molecule has 1 aromatic rings. The van der Waals surface area contributed by atoms with E-state index in [1.807, 2.05) is 6.07 Å². The van der Waals surface area contributed by atoms with Crippen molar-refractivity contribution in [1.82, 2.24) is 9.97 Å². The predicted octanol–water partition coefficient (Wildman–Crippen LogP) is 1.11. The Hall–Kier alpha value is -1.40. The van der Waals surface area contributed by atoms with Gasteiger partial charge in [-0.3, -0.25) is 0 Å². The van der Waals surface area contributed by atoms with E-state index >= 15 is 0 Å². The van der Waals surface area contributed by atoms with Crippen LogP contribution in [0.1, 0.15) is 19.8 Å². The Morgan fingerprint density at radius 1 is 1.28 bits per heavy atom. The van der Waals surface area contributed by atoms with Gasteiger partial charge in [-0.05, 0) is 18.9 Å². The zero-order chi connectivity index (χ0) is 13.1. The molecule has 0 aliphatic carbocycles. The zero-order valence-electron chi connectivity index (χ0n) is 10.9. The van der Waals surface area contributed by atoms with E-state index in [0.717, 1.165) is 31.7 Å². The lowest BCUT2D eigenvalue weighted by atomic mass is 10.4. The van der Waals surface area contributed by atoms with Crippen molar-refractivity contribution in [1.29, 1.82) is 0 Å². The average molecular weight is 254 g/mol. The molecule has 0 amide bonds. The van der Waals surface area contributed by atoms with E-state index in [1.54, 1.807) is 6.20 Å². The molecule has 18 heavy (non-hydrogen) atoms. The van der Waals surface area contributed by atoms with Crippen LogP contribution >= 0.6 is 0 Å². The van der Waals surface area contributed by atoms with E-state index < -0.39 is 0 Å². The molecule has 6 nitrogen and oxygen atoms in total. The number of ether oxygens (including phenoxy) is 1. The topological polar surface area (TPSA) is 79.3 Å². The molecule has 102 valence electrons. The van der Waals surface area contributed by atoms with Crippen molar-refractivity contribution < 1.29 is 9.84 Å². The molecule has 0 radical (unpaired) electrons. The first kappa shape index (κ1) is 14.7. The fraction of sp³-hybridized carbons (Fsp3) is 0.667. The highest BCUT2D eigenvalue weighted by molar-refractivity contribution is 5.39. The van der Waals surface area contributed by atoms with Crippen LogP contribution in [0.2, 0.25) is 0 Å². The highest BCUT2D eigenvalue weighted by Gasteiger charge is 1.97. The number of rotatable bonds is 10. The summed E-state index contributed by atoms with van der Waals surface area (Å²) in [5.41, 5.74) is 0. The number of aromatic nitrogens is 2. The van der Waals surface area contributed by atoms with Crippen molar-refractivity contribution in [2.45, 2.75) is 19.8 Å². The SMILES string of the molecule is CCCNc1nccc(NCCCOCCO)n1. The second-order valence-electron chi connectivity index (χ2n) is 3.81. The van der Waals surface area contributed by atoms with Gasteiger partial charge in [0, 0.05) is 25.9 Å². The maximum atomic E-state index is 8.54. The lowest BCUT2D eigenvalue weighted by Crippen LogP contribution is -2.10. The Morgan fingerprint density at radius 3 is 2.94 bits per heavy atom. The molecule has 0 aliphatic rings. The molecule has 0 aliphatic heterocycles. The van der Waals surface area contributed by atoms with Crippen molar-refractivity contribution in [2.24, 2.45) is 0 Å². The van der Waals surface area contributed by atoms with Crippen LogP contribution in [0.4, 0.5) is 11.8 Å². The summed E-state index contributed by atoms with van der Waals surface area (Å²) in [5.74, 6) is 1.46. The molecule has 0 saturated heterocycles. The molecular weight excluding hydrogens is 232 g/mol. The van der Waals surface area contributed by atoms with Crippen LogP contribution in [-0.2, 0) is 4.74 Å². The fourth-order valence-corrected chi connectivity index (χ4v) is 1.34. The number of nitrogens with one attached hydrogen (secondary N) is 2. The predicted molar refractivity (Wildman–Crippen MR) is 71.8 cm³/mol. The highest BCUT2D eigenvalue weighted by Crippen LogP contribution is 2.05. The van der Waals surface area contributed by atoms with Crippen LogP contribution in [0.3, 0.4) is 0 Å². The van der Waals surface area contributed by atoms with Gasteiger partial charge in [-0.15, -0.1) is 0 Å². The Kier molecular flexibility index (Phi) is 7.83. The molecule has 0 atom stereocenters. The summed E-state index contributed by atoms with van der Waals surface area (Å²) >= 11 is 0. The number of hydrogen-bond donors (Lipinski definition) is 3. The summed E-state index contributed by atoms with van der Waals surface area (Å²) in [6, 6.07) is 1.84. The van der Waals surface area contributed by atoms with Gasteiger partial charge in [-0.2, -0.15) is 4.98 Å². The van der Waals surface area contributed by atoms with Crippen molar-refractivity contribution >= 4 is 11.8 Å². The quantitative estimate of drug-likeness (QED) is 0.543.